The van der Waals surface area contributed by atoms with Gasteiger partial charge in [0, 0.05) is 22.2 Å². The first kappa shape index (κ1) is 20.9. The summed E-state index contributed by atoms with van der Waals surface area (Å²) in [6, 6.07) is 17.0. The van der Waals surface area contributed by atoms with Crippen LogP contribution in [0.2, 0.25) is 5.02 Å². The number of carbonyl (C=O) groups is 1. The zero-order chi connectivity index (χ0) is 22.1. The number of ether oxygens (including phenoxy) is 1. The van der Waals surface area contributed by atoms with Gasteiger partial charge in [-0.15, -0.1) is 0 Å². The standard InChI is InChI=1S/C24H23ClN4O2/c1-14-13-21(31-17(4)24(30)26-20-12-8-11-19(25)15(20)2)27-23-22(14)16(3)28-29(23)18-9-6-5-7-10-18/h5-13,17H,1-4H3,(H,26,30)/t17-/m1/s1. The molecule has 4 rings (SSSR count). The molecule has 2 aromatic heterocycles. The molecular formula is C24H23ClN4O2. The van der Waals surface area contributed by atoms with Gasteiger partial charge in [0.1, 0.15) is 0 Å². The first-order valence-electron chi connectivity index (χ1n) is 10.00. The average Bonchev–Trinajstić information content (AvgIpc) is 3.08. The molecule has 0 saturated heterocycles. The van der Waals surface area contributed by atoms with Crippen molar-refractivity contribution in [1.82, 2.24) is 14.8 Å². The number of fused-ring (bicyclic) bond motifs is 1. The maximum atomic E-state index is 12.7. The van der Waals surface area contributed by atoms with Crippen molar-refractivity contribution < 1.29 is 9.53 Å². The van der Waals surface area contributed by atoms with Crippen LogP contribution in [0.25, 0.3) is 16.7 Å². The molecule has 0 aliphatic carbocycles. The van der Waals surface area contributed by atoms with Crippen molar-refractivity contribution >= 4 is 34.2 Å². The molecule has 2 aromatic carbocycles. The smallest absolute Gasteiger partial charge is 0.265 e. The van der Waals surface area contributed by atoms with Crippen molar-refractivity contribution in [3.8, 4) is 11.6 Å². The number of hydrogen-bond acceptors (Lipinski definition) is 4. The van der Waals surface area contributed by atoms with Crippen molar-refractivity contribution in [2.45, 2.75) is 33.8 Å². The lowest BCUT2D eigenvalue weighted by Crippen LogP contribution is -2.30. The highest BCUT2D eigenvalue weighted by molar-refractivity contribution is 6.31. The molecule has 1 N–H and O–H groups in total. The third kappa shape index (κ3) is 4.11. The molecule has 0 saturated carbocycles. The summed E-state index contributed by atoms with van der Waals surface area (Å²) in [7, 11) is 0. The molecular weight excluding hydrogens is 412 g/mol. The van der Waals surface area contributed by atoms with Crippen molar-refractivity contribution in [2.24, 2.45) is 0 Å². The quantitative estimate of drug-likeness (QED) is 0.456. The molecule has 2 heterocycles. The Labute approximate surface area is 185 Å². The van der Waals surface area contributed by atoms with E-state index in [0.717, 1.165) is 27.9 Å². The number of halogens is 1. The number of pyridine rings is 1. The van der Waals surface area contributed by atoms with E-state index in [0.29, 0.717) is 22.2 Å². The predicted octanol–water partition coefficient (Wildman–Crippen LogP) is 5.41. The normalized spacial score (nSPS) is 12.0. The molecule has 6 nitrogen and oxygen atoms in total. The van der Waals surface area contributed by atoms with Crippen molar-refractivity contribution in [3.05, 3.63) is 76.4 Å². The Kier molecular flexibility index (Phi) is 5.65. The zero-order valence-corrected chi connectivity index (χ0v) is 18.6. The van der Waals surface area contributed by atoms with Crippen LogP contribution in [0.15, 0.2) is 54.6 Å². The van der Waals surface area contributed by atoms with E-state index in [4.69, 9.17) is 16.3 Å². The second kappa shape index (κ2) is 8.40. The van der Waals surface area contributed by atoms with Crippen LogP contribution in [0.1, 0.15) is 23.7 Å². The molecule has 0 bridgehead atoms. The number of aromatic nitrogens is 3. The van der Waals surface area contributed by atoms with Crippen molar-refractivity contribution in [2.75, 3.05) is 5.32 Å². The largest absolute Gasteiger partial charge is 0.464 e. The minimum Gasteiger partial charge on any atom is -0.464 e. The summed E-state index contributed by atoms with van der Waals surface area (Å²) in [5.74, 6) is 0.0882. The molecule has 0 spiro atoms. The summed E-state index contributed by atoms with van der Waals surface area (Å²) in [4.78, 5) is 17.4. The number of amides is 1. The van der Waals surface area contributed by atoms with Crippen molar-refractivity contribution in [3.63, 3.8) is 0 Å². The number of rotatable bonds is 5. The minimum absolute atomic E-state index is 0.280. The molecule has 31 heavy (non-hydrogen) atoms. The minimum atomic E-state index is -0.753. The van der Waals surface area contributed by atoms with Crippen LogP contribution in [-0.4, -0.2) is 26.8 Å². The van der Waals surface area contributed by atoms with Crippen LogP contribution in [0.4, 0.5) is 5.69 Å². The fraction of sp³-hybridized carbons (Fsp3) is 0.208. The lowest BCUT2D eigenvalue weighted by Gasteiger charge is -2.16. The number of nitrogens with one attached hydrogen (secondary N) is 1. The molecule has 0 fully saturated rings. The molecule has 0 unspecified atom stereocenters. The van der Waals surface area contributed by atoms with E-state index in [2.05, 4.69) is 15.4 Å². The Morgan fingerprint density at radius 2 is 1.84 bits per heavy atom. The second-order valence-corrected chi connectivity index (χ2v) is 7.88. The molecule has 158 valence electrons. The van der Waals surface area contributed by atoms with Gasteiger partial charge in [0.25, 0.3) is 5.91 Å². The van der Waals surface area contributed by atoms with E-state index in [1.54, 1.807) is 23.7 Å². The van der Waals surface area contributed by atoms with Crippen molar-refractivity contribution in [1.29, 1.82) is 0 Å². The predicted molar refractivity (Wildman–Crippen MR) is 123 cm³/mol. The summed E-state index contributed by atoms with van der Waals surface area (Å²) >= 11 is 6.15. The van der Waals surface area contributed by atoms with Gasteiger partial charge in [-0.1, -0.05) is 35.9 Å². The maximum Gasteiger partial charge on any atom is 0.265 e. The molecule has 0 radical (unpaired) electrons. The van der Waals surface area contributed by atoms with Gasteiger partial charge in [-0.2, -0.15) is 10.1 Å². The van der Waals surface area contributed by atoms with E-state index in [9.17, 15) is 4.79 Å². The molecule has 0 aliphatic rings. The number of hydrogen-bond donors (Lipinski definition) is 1. The van der Waals surface area contributed by atoms with E-state index in [1.807, 2.05) is 63.2 Å². The lowest BCUT2D eigenvalue weighted by atomic mass is 10.1. The molecule has 0 aliphatic heterocycles. The monoisotopic (exact) mass is 434 g/mol. The van der Waals surface area contributed by atoms with E-state index in [1.165, 1.54) is 0 Å². The molecule has 7 heteroatoms. The highest BCUT2D eigenvalue weighted by Gasteiger charge is 2.20. The van der Waals surface area contributed by atoms with Gasteiger partial charge in [0.15, 0.2) is 11.8 Å². The number of nitrogens with zero attached hydrogens (tertiary/aromatic N) is 3. The third-order valence-electron chi connectivity index (χ3n) is 5.18. The Balaban J connectivity index is 1.62. The highest BCUT2D eigenvalue weighted by atomic mass is 35.5. The molecule has 1 amide bonds. The van der Waals surface area contributed by atoms with Gasteiger partial charge in [0.2, 0.25) is 5.88 Å². The summed E-state index contributed by atoms with van der Waals surface area (Å²) in [5, 5.41) is 9.10. The molecule has 4 aromatic rings. The van der Waals surface area contributed by atoms with Gasteiger partial charge in [-0.3, -0.25) is 4.79 Å². The highest BCUT2D eigenvalue weighted by Crippen LogP contribution is 2.27. The number of carbonyl (C=O) groups excluding carboxylic acids is 1. The van der Waals surface area contributed by atoms with Crippen LogP contribution >= 0.6 is 11.6 Å². The Morgan fingerprint density at radius 1 is 1.10 bits per heavy atom. The maximum absolute atomic E-state index is 12.7. The Hall–Kier alpha value is -3.38. The number of para-hydroxylation sites is 1. The van der Waals surface area contributed by atoms with E-state index in [-0.39, 0.29) is 5.91 Å². The number of anilines is 1. The van der Waals surface area contributed by atoms with Gasteiger partial charge in [-0.05, 0) is 63.1 Å². The topological polar surface area (TPSA) is 69.0 Å². The van der Waals surface area contributed by atoms with E-state index >= 15 is 0 Å². The zero-order valence-electron chi connectivity index (χ0n) is 17.8. The van der Waals surface area contributed by atoms with E-state index < -0.39 is 6.10 Å². The average molecular weight is 435 g/mol. The Morgan fingerprint density at radius 3 is 2.58 bits per heavy atom. The van der Waals surface area contributed by atoms with Crippen LogP contribution in [0, 0.1) is 20.8 Å². The second-order valence-electron chi connectivity index (χ2n) is 7.47. The summed E-state index contributed by atoms with van der Waals surface area (Å²) in [5.41, 5.74) is 4.94. The first-order chi connectivity index (χ1) is 14.8. The van der Waals surface area contributed by atoms with Gasteiger partial charge >= 0.3 is 0 Å². The summed E-state index contributed by atoms with van der Waals surface area (Å²) < 4.78 is 7.71. The SMILES string of the molecule is Cc1c(Cl)cccc1NC(=O)[C@@H](C)Oc1cc(C)c2c(C)nn(-c3ccccc3)c2n1. The van der Waals surface area contributed by atoms with Crippen LogP contribution in [-0.2, 0) is 4.79 Å². The summed E-state index contributed by atoms with van der Waals surface area (Å²) in [6.07, 6.45) is -0.753. The lowest BCUT2D eigenvalue weighted by molar-refractivity contribution is -0.122. The van der Waals surface area contributed by atoms with Gasteiger partial charge in [0.05, 0.1) is 11.4 Å². The van der Waals surface area contributed by atoms with Crippen LogP contribution in [0.5, 0.6) is 5.88 Å². The first-order valence-corrected chi connectivity index (χ1v) is 10.4. The summed E-state index contributed by atoms with van der Waals surface area (Å²) in [6.45, 7) is 7.49. The Bertz CT molecular complexity index is 1270. The van der Waals surface area contributed by atoms with Gasteiger partial charge in [-0.25, -0.2) is 4.68 Å². The number of benzene rings is 2. The fourth-order valence-electron chi connectivity index (χ4n) is 3.50. The fourth-order valence-corrected chi connectivity index (χ4v) is 3.67. The van der Waals surface area contributed by atoms with Crippen LogP contribution in [0.3, 0.4) is 0 Å². The van der Waals surface area contributed by atoms with Crippen LogP contribution < -0.4 is 10.1 Å². The number of aryl methyl sites for hydroxylation is 2. The van der Waals surface area contributed by atoms with Gasteiger partial charge < -0.3 is 10.1 Å². The molecule has 1 atom stereocenters. The third-order valence-corrected chi connectivity index (χ3v) is 5.59.